The van der Waals surface area contributed by atoms with Gasteiger partial charge in [-0.15, -0.1) is 0 Å². The molecule has 14 heavy (non-hydrogen) atoms. The van der Waals surface area contributed by atoms with E-state index in [1.54, 1.807) is 7.11 Å². The van der Waals surface area contributed by atoms with Crippen LogP contribution in [0.2, 0.25) is 5.02 Å². The van der Waals surface area contributed by atoms with E-state index in [1.165, 1.54) is 0 Å². The van der Waals surface area contributed by atoms with Crippen molar-refractivity contribution < 1.29 is 4.74 Å². The summed E-state index contributed by atoms with van der Waals surface area (Å²) in [7, 11) is 1.61. The molecule has 0 atom stereocenters. The lowest BCUT2D eigenvalue weighted by Gasteiger charge is -2.02. The average Bonchev–Trinajstić information content (AvgIpc) is 2.70. The molecule has 2 nitrogen and oxygen atoms in total. The lowest BCUT2D eigenvalue weighted by Crippen LogP contribution is -1.83. The smallest absolute Gasteiger partial charge is 0.138 e. The minimum atomic E-state index is 0.663. The van der Waals surface area contributed by atoms with Crippen molar-refractivity contribution in [1.82, 2.24) is 4.98 Å². The number of hydrogen-bond donors (Lipinski definition) is 1. The third-order valence-corrected chi connectivity index (χ3v) is 2.24. The monoisotopic (exact) mass is 211 g/mol. The van der Waals surface area contributed by atoms with Crippen molar-refractivity contribution in [1.29, 1.82) is 0 Å². The predicted octanol–water partition coefficient (Wildman–Crippen LogP) is 3.86. The molecule has 2 rings (SSSR count). The van der Waals surface area contributed by atoms with E-state index < -0.39 is 0 Å². The summed E-state index contributed by atoms with van der Waals surface area (Å²) in [6.07, 6.45) is 1.86. The number of benzene rings is 1. The number of H-pyrrole nitrogens is 1. The van der Waals surface area contributed by atoms with E-state index >= 15 is 0 Å². The number of methoxy groups -OCH3 is 1. The predicted molar refractivity (Wildman–Crippen MR) is 61.2 cm³/mol. The van der Waals surface area contributed by atoms with Crippen LogP contribution in [0, 0.1) is 0 Å². The molecule has 1 aromatic heterocycles. The molecule has 2 aromatic rings. The molecule has 1 aromatic carbocycles. The number of halogens is 1. The van der Waals surface area contributed by atoms with Crippen LogP contribution in [0.25, 0.3) is 10.9 Å². The van der Waals surface area contributed by atoms with Gasteiger partial charge < -0.3 is 9.72 Å². The Morgan fingerprint density at radius 3 is 2.57 bits per heavy atom. The molecule has 1 N–H and O–H groups in total. The van der Waals surface area contributed by atoms with Crippen molar-refractivity contribution in [3.63, 3.8) is 0 Å². The van der Waals surface area contributed by atoms with Crippen LogP contribution in [0.1, 0.15) is 13.8 Å². The Morgan fingerprint density at radius 2 is 1.93 bits per heavy atom. The van der Waals surface area contributed by atoms with Gasteiger partial charge in [0.25, 0.3) is 0 Å². The number of fused-ring (bicyclic) bond motifs is 1. The summed E-state index contributed by atoms with van der Waals surface area (Å²) < 4.78 is 5.08. The maximum absolute atomic E-state index is 6.04. The fourth-order valence-electron chi connectivity index (χ4n) is 1.23. The van der Waals surface area contributed by atoms with Crippen molar-refractivity contribution in [3.05, 3.63) is 29.4 Å². The third-order valence-electron chi connectivity index (χ3n) is 1.85. The molecule has 0 unspecified atom stereocenters. The summed E-state index contributed by atoms with van der Waals surface area (Å²) in [6, 6.07) is 5.72. The summed E-state index contributed by atoms with van der Waals surface area (Å²) in [5, 5.41) is 1.66. The van der Waals surface area contributed by atoms with Crippen LogP contribution >= 0.6 is 11.6 Å². The van der Waals surface area contributed by atoms with E-state index in [0.29, 0.717) is 10.8 Å². The molecule has 0 aliphatic carbocycles. The van der Waals surface area contributed by atoms with Crippen LogP contribution in [-0.2, 0) is 0 Å². The van der Waals surface area contributed by atoms with Crippen LogP contribution in [0.15, 0.2) is 24.4 Å². The van der Waals surface area contributed by atoms with Gasteiger partial charge in [-0.25, -0.2) is 0 Å². The zero-order valence-corrected chi connectivity index (χ0v) is 9.35. The van der Waals surface area contributed by atoms with Gasteiger partial charge in [0, 0.05) is 17.1 Å². The molecule has 0 aliphatic heterocycles. The lowest BCUT2D eigenvalue weighted by molar-refractivity contribution is 0.415. The summed E-state index contributed by atoms with van der Waals surface area (Å²) >= 11 is 6.04. The molecule has 0 spiro atoms. The Hall–Kier alpha value is -1.15. The van der Waals surface area contributed by atoms with E-state index in [2.05, 4.69) is 4.98 Å². The normalized spacial score (nSPS) is 9.43. The summed E-state index contributed by atoms with van der Waals surface area (Å²) in [6.45, 7) is 4.00. The zero-order valence-electron chi connectivity index (χ0n) is 8.60. The molecule has 0 fully saturated rings. The molecule has 0 aliphatic rings. The Morgan fingerprint density at radius 1 is 1.21 bits per heavy atom. The highest BCUT2D eigenvalue weighted by atomic mass is 35.5. The molecule has 0 amide bonds. The van der Waals surface area contributed by atoms with Gasteiger partial charge in [0.2, 0.25) is 0 Å². The van der Waals surface area contributed by atoms with Gasteiger partial charge in [-0.1, -0.05) is 25.4 Å². The van der Waals surface area contributed by atoms with E-state index in [0.717, 1.165) is 10.9 Å². The fourth-order valence-corrected chi connectivity index (χ4v) is 1.54. The first-order chi connectivity index (χ1) is 6.83. The second-order valence-corrected chi connectivity index (χ2v) is 2.90. The Balaban J connectivity index is 0.000000461. The van der Waals surface area contributed by atoms with Crippen molar-refractivity contribution in [2.24, 2.45) is 0 Å². The van der Waals surface area contributed by atoms with Gasteiger partial charge in [-0.3, -0.25) is 0 Å². The van der Waals surface area contributed by atoms with E-state index in [1.807, 2.05) is 38.2 Å². The maximum Gasteiger partial charge on any atom is 0.138 e. The SMILES string of the molecule is CC.COc1ccc2[nH]ccc2c1Cl. The van der Waals surface area contributed by atoms with Gasteiger partial charge >= 0.3 is 0 Å². The highest BCUT2D eigenvalue weighted by Gasteiger charge is 2.04. The number of aromatic nitrogens is 1. The van der Waals surface area contributed by atoms with E-state index in [4.69, 9.17) is 16.3 Å². The van der Waals surface area contributed by atoms with Crippen molar-refractivity contribution >= 4 is 22.5 Å². The number of hydrogen-bond acceptors (Lipinski definition) is 1. The third kappa shape index (κ3) is 1.85. The van der Waals surface area contributed by atoms with Crippen LogP contribution in [0.4, 0.5) is 0 Å². The first-order valence-electron chi connectivity index (χ1n) is 4.62. The Labute approximate surface area is 88.8 Å². The quantitative estimate of drug-likeness (QED) is 0.762. The first-order valence-corrected chi connectivity index (χ1v) is 5.00. The zero-order chi connectivity index (χ0) is 10.6. The molecular weight excluding hydrogens is 198 g/mol. The summed E-state index contributed by atoms with van der Waals surface area (Å²) in [5.41, 5.74) is 1.03. The van der Waals surface area contributed by atoms with E-state index in [-0.39, 0.29) is 0 Å². The Bertz CT molecular complexity index is 409. The Kier molecular flexibility index (Phi) is 3.84. The molecule has 1 heterocycles. The molecule has 0 radical (unpaired) electrons. The topological polar surface area (TPSA) is 25.0 Å². The standard InChI is InChI=1S/C9H8ClNO.C2H6/c1-12-8-3-2-7-6(9(8)10)4-5-11-7;1-2/h2-5,11H,1H3;1-2H3. The van der Waals surface area contributed by atoms with Crippen molar-refractivity contribution in [3.8, 4) is 5.75 Å². The first kappa shape index (κ1) is 10.9. The van der Waals surface area contributed by atoms with Crippen molar-refractivity contribution in [2.45, 2.75) is 13.8 Å². The van der Waals surface area contributed by atoms with Gasteiger partial charge in [0.1, 0.15) is 5.75 Å². The van der Waals surface area contributed by atoms with Crippen LogP contribution in [0.5, 0.6) is 5.75 Å². The van der Waals surface area contributed by atoms with Crippen LogP contribution < -0.4 is 4.74 Å². The number of ether oxygens (including phenoxy) is 1. The highest BCUT2D eigenvalue weighted by Crippen LogP contribution is 2.31. The highest BCUT2D eigenvalue weighted by molar-refractivity contribution is 6.36. The lowest BCUT2D eigenvalue weighted by atomic mass is 10.2. The molecule has 0 saturated heterocycles. The van der Waals surface area contributed by atoms with E-state index in [9.17, 15) is 0 Å². The molecule has 3 heteroatoms. The number of rotatable bonds is 1. The van der Waals surface area contributed by atoms with Gasteiger partial charge in [-0.2, -0.15) is 0 Å². The molecule has 0 bridgehead atoms. The summed E-state index contributed by atoms with van der Waals surface area (Å²) in [4.78, 5) is 3.07. The average molecular weight is 212 g/mol. The van der Waals surface area contributed by atoms with Crippen molar-refractivity contribution in [2.75, 3.05) is 7.11 Å². The number of aromatic amines is 1. The second kappa shape index (κ2) is 4.91. The fraction of sp³-hybridized carbons (Fsp3) is 0.273. The molecular formula is C11H14ClNO. The summed E-state index contributed by atoms with van der Waals surface area (Å²) in [5.74, 6) is 0.712. The van der Waals surface area contributed by atoms with Gasteiger partial charge in [0.15, 0.2) is 0 Å². The molecule has 0 saturated carbocycles. The second-order valence-electron chi connectivity index (χ2n) is 2.52. The minimum Gasteiger partial charge on any atom is -0.495 e. The van der Waals surface area contributed by atoms with Crippen LogP contribution in [-0.4, -0.2) is 12.1 Å². The van der Waals surface area contributed by atoms with Gasteiger partial charge in [-0.05, 0) is 18.2 Å². The maximum atomic E-state index is 6.04. The largest absolute Gasteiger partial charge is 0.495 e. The minimum absolute atomic E-state index is 0.663. The van der Waals surface area contributed by atoms with Gasteiger partial charge in [0.05, 0.1) is 12.1 Å². The number of nitrogens with one attached hydrogen (secondary N) is 1. The molecule has 76 valence electrons. The van der Waals surface area contributed by atoms with Crippen LogP contribution in [0.3, 0.4) is 0 Å².